The summed E-state index contributed by atoms with van der Waals surface area (Å²) in [5, 5.41) is 9.49. The fourth-order valence-electron chi connectivity index (χ4n) is 2.24. The van der Waals surface area contributed by atoms with Crippen LogP contribution in [-0.4, -0.2) is 17.0 Å². The van der Waals surface area contributed by atoms with E-state index < -0.39 is 29.1 Å². The SMILES string of the molecule is NC1(c2cccc(F)c2F)CCCC(O)C1=O. The Bertz CT molecular complexity index is 464. The molecule has 0 aliphatic heterocycles. The van der Waals surface area contributed by atoms with Gasteiger partial charge in [0.25, 0.3) is 0 Å². The number of hydrogen-bond donors (Lipinski definition) is 2. The molecule has 0 amide bonds. The molecule has 1 aromatic carbocycles. The number of carbonyl (C=O) groups excluding carboxylic acids is 1. The van der Waals surface area contributed by atoms with Gasteiger partial charge in [-0.05, 0) is 25.3 Å². The molecule has 1 aliphatic carbocycles. The highest BCUT2D eigenvalue weighted by molar-refractivity contribution is 5.93. The largest absolute Gasteiger partial charge is 0.385 e. The fraction of sp³-hybridized carbons (Fsp3) is 0.417. The summed E-state index contributed by atoms with van der Waals surface area (Å²) in [6, 6.07) is 3.55. The molecule has 0 saturated heterocycles. The van der Waals surface area contributed by atoms with Gasteiger partial charge in [0.1, 0.15) is 11.6 Å². The first-order chi connectivity index (χ1) is 7.97. The lowest BCUT2D eigenvalue weighted by molar-refractivity contribution is -0.136. The van der Waals surface area contributed by atoms with Crippen molar-refractivity contribution in [3.8, 4) is 0 Å². The predicted molar refractivity (Wildman–Crippen MR) is 57.1 cm³/mol. The summed E-state index contributed by atoms with van der Waals surface area (Å²) in [7, 11) is 0. The van der Waals surface area contributed by atoms with Gasteiger partial charge >= 0.3 is 0 Å². The van der Waals surface area contributed by atoms with Crippen LogP contribution >= 0.6 is 0 Å². The second-order valence-corrected chi connectivity index (χ2v) is 4.35. The molecule has 1 fully saturated rings. The van der Waals surface area contributed by atoms with Gasteiger partial charge in [0.05, 0.1) is 0 Å². The van der Waals surface area contributed by atoms with Crippen LogP contribution in [0.3, 0.4) is 0 Å². The maximum Gasteiger partial charge on any atom is 0.185 e. The van der Waals surface area contributed by atoms with Gasteiger partial charge in [-0.3, -0.25) is 4.79 Å². The molecule has 0 radical (unpaired) electrons. The minimum atomic E-state index is -1.62. The van der Waals surface area contributed by atoms with Crippen molar-refractivity contribution in [3.63, 3.8) is 0 Å². The number of benzene rings is 1. The summed E-state index contributed by atoms with van der Waals surface area (Å²) in [4.78, 5) is 11.8. The summed E-state index contributed by atoms with van der Waals surface area (Å²) in [5.41, 5.74) is 4.07. The van der Waals surface area contributed by atoms with E-state index in [4.69, 9.17) is 5.73 Å². The zero-order valence-corrected chi connectivity index (χ0v) is 9.12. The monoisotopic (exact) mass is 241 g/mol. The second-order valence-electron chi connectivity index (χ2n) is 4.35. The van der Waals surface area contributed by atoms with Crippen molar-refractivity contribution in [2.24, 2.45) is 5.73 Å². The van der Waals surface area contributed by atoms with Gasteiger partial charge in [0.2, 0.25) is 0 Å². The first kappa shape index (κ1) is 12.1. The molecular weight excluding hydrogens is 228 g/mol. The third kappa shape index (κ3) is 1.85. The first-order valence-corrected chi connectivity index (χ1v) is 5.42. The molecule has 0 bridgehead atoms. The molecule has 1 saturated carbocycles. The second kappa shape index (κ2) is 4.16. The first-order valence-electron chi connectivity index (χ1n) is 5.42. The molecule has 1 aliphatic rings. The summed E-state index contributed by atoms with van der Waals surface area (Å²) >= 11 is 0. The van der Waals surface area contributed by atoms with Crippen LogP contribution in [0, 0.1) is 11.6 Å². The van der Waals surface area contributed by atoms with E-state index in [0.717, 1.165) is 6.07 Å². The van der Waals surface area contributed by atoms with Crippen LogP contribution in [0.15, 0.2) is 18.2 Å². The third-order valence-corrected chi connectivity index (χ3v) is 3.22. The van der Waals surface area contributed by atoms with Crippen LogP contribution in [0.25, 0.3) is 0 Å². The zero-order valence-electron chi connectivity index (χ0n) is 9.12. The van der Waals surface area contributed by atoms with E-state index in [1.807, 2.05) is 0 Å². The van der Waals surface area contributed by atoms with E-state index in [2.05, 4.69) is 0 Å². The number of ketones is 1. The lowest BCUT2D eigenvalue weighted by Crippen LogP contribution is -2.53. The van der Waals surface area contributed by atoms with Gasteiger partial charge in [-0.2, -0.15) is 0 Å². The van der Waals surface area contributed by atoms with Gasteiger partial charge < -0.3 is 10.8 Å². The van der Waals surface area contributed by atoms with Crippen molar-refractivity contribution in [2.45, 2.75) is 30.9 Å². The number of aliphatic hydroxyl groups excluding tert-OH is 1. The maximum absolute atomic E-state index is 13.6. The molecule has 2 rings (SSSR count). The predicted octanol–water partition coefficient (Wildman–Crippen LogP) is 1.23. The van der Waals surface area contributed by atoms with Gasteiger partial charge in [0.15, 0.2) is 17.4 Å². The molecule has 5 heteroatoms. The van der Waals surface area contributed by atoms with Gasteiger partial charge in [0, 0.05) is 5.56 Å². The van der Waals surface area contributed by atoms with Crippen LogP contribution in [0.5, 0.6) is 0 Å². The lowest BCUT2D eigenvalue weighted by atomic mass is 9.75. The van der Waals surface area contributed by atoms with Crippen LogP contribution in [-0.2, 0) is 10.3 Å². The molecule has 3 N–H and O–H groups in total. The Morgan fingerprint density at radius 2 is 2.12 bits per heavy atom. The van der Waals surface area contributed by atoms with E-state index in [-0.39, 0.29) is 12.0 Å². The number of aliphatic hydroxyl groups is 1. The van der Waals surface area contributed by atoms with E-state index >= 15 is 0 Å². The molecule has 2 atom stereocenters. The summed E-state index contributed by atoms with van der Waals surface area (Å²) < 4.78 is 26.8. The van der Waals surface area contributed by atoms with Crippen molar-refractivity contribution in [3.05, 3.63) is 35.4 Å². The Morgan fingerprint density at radius 1 is 1.41 bits per heavy atom. The molecular formula is C12H13F2NO2. The summed E-state index contributed by atoms with van der Waals surface area (Å²) in [6.07, 6.45) is -0.173. The average Bonchev–Trinajstić information content (AvgIpc) is 2.29. The number of rotatable bonds is 1. The van der Waals surface area contributed by atoms with Crippen LogP contribution in [0.4, 0.5) is 8.78 Å². The molecule has 0 aromatic heterocycles. The van der Waals surface area contributed by atoms with Crippen molar-refractivity contribution in [1.29, 1.82) is 0 Å². The Kier molecular flexibility index (Phi) is 2.97. The Hall–Kier alpha value is -1.33. The van der Waals surface area contributed by atoms with Crippen LogP contribution in [0.1, 0.15) is 24.8 Å². The van der Waals surface area contributed by atoms with Crippen LogP contribution in [0.2, 0.25) is 0 Å². The summed E-state index contributed by atoms with van der Waals surface area (Å²) in [5.74, 6) is -2.80. The third-order valence-electron chi connectivity index (χ3n) is 3.22. The Labute approximate surface area is 97.2 Å². The highest BCUT2D eigenvalue weighted by Crippen LogP contribution is 2.34. The molecule has 17 heavy (non-hydrogen) atoms. The maximum atomic E-state index is 13.6. The average molecular weight is 241 g/mol. The van der Waals surface area contributed by atoms with E-state index in [0.29, 0.717) is 12.8 Å². The van der Waals surface area contributed by atoms with Crippen molar-refractivity contribution in [1.82, 2.24) is 0 Å². The Morgan fingerprint density at radius 3 is 2.82 bits per heavy atom. The standard InChI is InChI=1S/C12H13F2NO2/c13-8-4-1-3-7(10(8)14)12(15)6-2-5-9(16)11(12)17/h1,3-4,9,16H,2,5-6,15H2. The Balaban J connectivity index is 2.50. The van der Waals surface area contributed by atoms with Gasteiger partial charge in [-0.25, -0.2) is 8.78 Å². The normalized spacial score (nSPS) is 29.4. The fourth-order valence-corrected chi connectivity index (χ4v) is 2.24. The van der Waals surface area contributed by atoms with E-state index in [1.54, 1.807) is 0 Å². The van der Waals surface area contributed by atoms with Crippen LogP contribution < -0.4 is 5.73 Å². The van der Waals surface area contributed by atoms with Crippen molar-refractivity contribution < 1.29 is 18.7 Å². The number of Topliss-reactive ketones (excluding diaryl/α,β-unsaturated/α-hetero) is 1. The molecule has 0 heterocycles. The van der Waals surface area contributed by atoms with Crippen molar-refractivity contribution in [2.75, 3.05) is 0 Å². The molecule has 0 spiro atoms. The molecule has 2 unspecified atom stereocenters. The van der Waals surface area contributed by atoms with E-state index in [1.165, 1.54) is 12.1 Å². The minimum Gasteiger partial charge on any atom is -0.385 e. The topological polar surface area (TPSA) is 63.3 Å². The summed E-state index contributed by atoms with van der Waals surface area (Å²) in [6.45, 7) is 0. The molecule has 3 nitrogen and oxygen atoms in total. The highest BCUT2D eigenvalue weighted by atomic mass is 19.2. The lowest BCUT2D eigenvalue weighted by Gasteiger charge is -2.34. The number of hydrogen-bond acceptors (Lipinski definition) is 3. The van der Waals surface area contributed by atoms with Gasteiger partial charge in [-0.1, -0.05) is 12.1 Å². The number of nitrogens with two attached hydrogens (primary N) is 1. The smallest absolute Gasteiger partial charge is 0.185 e. The molecule has 92 valence electrons. The molecule has 1 aromatic rings. The highest BCUT2D eigenvalue weighted by Gasteiger charge is 2.44. The van der Waals surface area contributed by atoms with Gasteiger partial charge in [-0.15, -0.1) is 0 Å². The number of halogens is 2. The number of carbonyl (C=O) groups is 1. The minimum absolute atomic E-state index is 0.179. The zero-order chi connectivity index (χ0) is 12.6. The quantitative estimate of drug-likeness (QED) is 0.777. The van der Waals surface area contributed by atoms with Crippen molar-refractivity contribution >= 4 is 5.78 Å². The van der Waals surface area contributed by atoms with E-state index in [9.17, 15) is 18.7 Å².